The summed E-state index contributed by atoms with van der Waals surface area (Å²) in [6.45, 7) is 5.45. The van der Waals surface area contributed by atoms with E-state index in [0.717, 1.165) is 51.6 Å². The maximum absolute atomic E-state index is 5.40. The standard InChI is InChI=1S/C18H25BrN4O2.HI/c1-5-15-13(16(6-2)25-23-15)11-22-18(20-3)21-10-12-7-8-17(24-4)14(19)9-12;/h7-9H,5-6,10-11H2,1-4H3,(H2,20,21,22);1H. The molecule has 0 aliphatic rings. The minimum Gasteiger partial charge on any atom is -0.496 e. The summed E-state index contributed by atoms with van der Waals surface area (Å²) in [6, 6.07) is 5.99. The Hall–Kier alpha value is -1.29. The van der Waals surface area contributed by atoms with Gasteiger partial charge in [0.15, 0.2) is 5.96 Å². The van der Waals surface area contributed by atoms with E-state index >= 15 is 0 Å². The number of aryl methyl sites for hydroxylation is 2. The van der Waals surface area contributed by atoms with Gasteiger partial charge in [-0.3, -0.25) is 4.99 Å². The zero-order valence-corrected chi connectivity index (χ0v) is 19.5. The Morgan fingerprint density at radius 3 is 2.54 bits per heavy atom. The van der Waals surface area contributed by atoms with Gasteiger partial charge in [0.25, 0.3) is 0 Å². The lowest BCUT2D eigenvalue weighted by atomic mass is 10.1. The van der Waals surface area contributed by atoms with E-state index in [-0.39, 0.29) is 24.0 Å². The molecule has 0 aliphatic heterocycles. The highest BCUT2D eigenvalue weighted by atomic mass is 127. The summed E-state index contributed by atoms with van der Waals surface area (Å²) < 4.78 is 11.6. The lowest BCUT2D eigenvalue weighted by molar-refractivity contribution is 0.380. The van der Waals surface area contributed by atoms with Gasteiger partial charge < -0.3 is 19.9 Å². The lowest BCUT2D eigenvalue weighted by Gasteiger charge is -2.13. The normalized spacial score (nSPS) is 11.0. The van der Waals surface area contributed by atoms with Crippen molar-refractivity contribution in [2.45, 2.75) is 39.8 Å². The van der Waals surface area contributed by atoms with Crippen LogP contribution in [0.25, 0.3) is 0 Å². The Morgan fingerprint density at radius 2 is 1.96 bits per heavy atom. The Kier molecular flexibility index (Phi) is 10.0. The lowest BCUT2D eigenvalue weighted by Crippen LogP contribution is -2.36. The predicted molar refractivity (Wildman–Crippen MR) is 118 cm³/mol. The molecule has 0 saturated carbocycles. The maximum Gasteiger partial charge on any atom is 0.191 e. The van der Waals surface area contributed by atoms with Crippen molar-refractivity contribution in [3.05, 3.63) is 45.3 Å². The average molecular weight is 537 g/mol. The van der Waals surface area contributed by atoms with Crippen LogP contribution in [0.15, 0.2) is 32.2 Å². The molecule has 2 N–H and O–H groups in total. The van der Waals surface area contributed by atoms with Gasteiger partial charge in [-0.25, -0.2) is 0 Å². The molecule has 2 aromatic rings. The summed E-state index contributed by atoms with van der Waals surface area (Å²) in [5, 5.41) is 10.8. The van der Waals surface area contributed by atoms with Crippen molar-refractivity contribution in [3.8, 4) is 5.75 Å². The number of benzene rings is 1. The van der Waals surface area contributed by atoms with Crippen molar-refractivity contribution in [2.24, 2.45) is 4.99 Å². The van der Waals surface area contributed by atoms with Crippen LogP contribution in [0, 0.1) is 0 Å². The molecular weight excluding hydrogens is 511 g/mol. The number of aromatic nitrogens is 1. The summed E-state index contributed by atoms with van der Waals surface area (Å²) >= 11 is 3.50. The first-order chi connectivity index (χ1) is 12.1. The van der Waals surface area contributed by atoms with Crippen molar-refractivity contribution in [1.29, 1.82) is 0 Å². The highest BCUT2D eigenvalue weighted by molar-refractivity contribution is 14.0. The third-order valence-corrected chi connectivity index (χ3v) is 4.56. The summed E-state index contributed by atoms with van der Waals surface area (Å²) in [5.74, 6) is 2.48. The summed E-state index contributed by atoms with van der Waals surface area (Å²) in [5.41, 5.74) is 3.25. The molecule has 1 aromatic carbocycles. The van der Waals surface area contributed by atoms with E-state index in [2.05, 4.69) is 50.6 Å². The highest BCUT2D eigenvalue weighted by Crippen LogP contribution is 2.25. The van der Waals surface area contributed by atoms with Gasteiger partial charge in [0, 0.05) is 32.1 Å². The molecule has 2 rings (SSSR count). The summed E-state index contributed by atoms with van der Waals surface area (Å²) in [6.07, 6.45) is 1.68. The van der Waals surface area contributed by atoms with Gasteiger partial charge in [0.1, 0.15) is 11.5 Å². The van der Waals surface area contributed by atoms with Crippen molar-refractivity contribution >= 4 is 45.9 Å². The number of nitrogens with one attached hydrogen (secondary N) is 2. The third-order valence-electron chi connectivity index (χ3n) is 3.94. The zero-order valence-electron chi connectivity index (χ0n) is 15.6. The number of aliphatic imine (C=N–C) groups is 1. The SMILES string of the molecule is CCc1noc(CC)c1CNC(=NC)NCc1ccc(OC)c(Br)c1.I. The van der Waals surface area contributed by atoms with E-state index in [4.69, 9.17) is 9.26 Å². The number of rotatable bonds is 7. The molecule has 1 aromatic heterocycles. The Bertz CT molecular complexity index is 712. The topological polar surface area (TPSA) is 71.7 Å². The fourth-order valence-electron chi connectivity index (χ4n) is 2.54. The molecule has 0 spiro atoms. The molecule has 0 atom stereocenters. The third kappa shape index (κ3) is 5.87. The number of hydrogen-bond donors (Lipinski definition) is 2. The minimum absolute atomic E-state index is 0. The summed E-state index contributed by atoms with van der Waals surface area (Å²) in [4.78, 5) is 4.28. The van der Waals surface area contributed by atoms with E-state index < -0.39 is 0 Å². The molecular formula is C18H26BrIN4O2. The first-order valence-corrected chi connectivity index (χ1v) is 9.15. The van der Waals surface area contributed by atoms with Crippen molar-refractivity contribution in [3.63, 3.8) is 0 Å². The molecule has 0 bridgehead atoms. The quantitative estimate of drug-likeness (QED) is 0.317. The largest absolute Gasteiger partial charge is 0.496 e. The van der Waals surface area contributed by atoms with Crippen LogP contribution in [0.5, 0.6) is 5.75 Å². The van der Waals surface area contributed by atoms with Gasteiger partial charge in [-0.2, -0.15) is 0 Å². The van der Waals surface area contributed by atoms with Crippen LogP contribution in [0.2, 0.25) is 0 Å². The molecule has 0 radical (unpaired) electrons. The monoisotopic (exact) mass is 536 g/mol. The predicted octanol–water partition coefficient (Wildman–Crippen LogP) is 4.05. The second kappa shape index (κ2) is 11.4. The van der Waals surface area contributed by atoms with E-state index in [0.29, 0.717) is 13.1 Å². The van der Waals surface area contributed by atoms with Gasteiger partial charge in [0.2, 0.25) is 0 Å². The van der Waals surface area contributed by atoms with Gasteiger partial charge in [-0.15, -0.1) is 24.0 Å². The number of methoxy groups -OCH3 is 1. The second-order valence-corrected chi connectivity index (χ2v) is 6.34. The van der Waals surface area contributed by atoms with Crippen molar-refractivity contribution in [1.82, 2.24) is 15.8 Å². The fraction of sp³-hybridized carbons (Fsp3) is 0.444. The molecule has 8 heteroatoms. The van der Waals surface area contributed by atoms with E-state index in [1.807, 2.05) is 18.2 Å². The molecule has 0 saturated heterocycles. The van der Waals surface area contributed by atoms with Crippen molar-refractivity contribution < 1.29 is 9.26 Å². The van der Waals surface area contributed by atoms with Gasteiger partial charge in [-0.1, -0.05) is 25.1 Å². The number of nitrogens with zero attached hydrogens (tertiary/aromatic N) is 2. The number of hydrogen-bond acceptors (Lipinski definition) is 4. The van der Waals surface area contributed by atoms with Gasteiger partial charge >= 0.3 is 0 Å². The Morgan fingerprint density at radius 1 is 1.23 bits per heavy atom. The van der Waals surface area contributed by atoms with Crippen LogP contribution in [0.4, 0.5) is 0 Å². The highest BCUT2D eigenvalue weighted by Gasteiger charge is 2.13. The Labute approximate surface area is 180 Å². The molecule has 0 fully saturated rings. The smallest absolute Gasteiger partial charge is 0.191 e. The first-order valence-electron chi connectivity index (χ1n) is 8.36. The summed E-state index contributed by atoms with van der Waals surface area (Å²) in [7, 11) is 3.41. The van der Waals surface area contributed by atoms with Crippen LogP contribution in [-0.4, -0.2) is 25.3 Å². The van der Waals surface area contributed by atoms with Crippen LogP contribution in [-0.2, 0) is 25.9 Å². The van der Waals surface area contributed by atoms with Gasteiger partial charge in [0.05, 0.1) is 17.3 Å². The van der Waals surface area contributed by atoms with Crippen LogP contribution < -0.4 is 15.4 Å². The van der Waals surface area contributed by atoms with Crippen molar-refractivity contribution in [2.75, 3.05) is 14.2 Å². The first kappa shape index (κ1) is 22.8. The van der Waals surface area contributed by atoms with Crippen LogP contribution in [0.3, 0.4) is 0 Å². The molecule has 6 nitrogen and oxygen atoms in total. The van der Waals surface area contributed by atoms with E-state index in [9.17, 15) is 0 Å². The number of guanidine groups is 1. The van der Waals surface area contributed by atoms with Crippen LogP contribution in [0.1, 0.15) is 36.4 Å². The maximum atomic E-state index is 5.40. The van der Waals surface area contributed by atoms with Crippen LogP contribution >= 0.6 is 39.9 Å². The van der Waals surface area contributed by atoms with Gasteiger partial charge in [-0.05, 0) is 40.0 Å². The second-order valence-electron chi connectivity index (χ2n) is 5.49. The molecule has 0 amide bonds. The van der Waals surface area contributed by atoms with E-state index in [1.165, 1.54) is 0 Å². The number of ether oxygens (including phenoxy) is 1. The zero-order chi connectivity index (χ0) is 18.2. The molecule has 0 aliphatic carbocycles. The van der Waals surface area contributed by atoms with E-state index in [1.54, 1.807) is 14.2 Å². The molecule has 0 unspecified atom stereocenters. The minimum atomic E-state index is 0. The fourth-order valence-corrected chi connectivity index (χ4v) is 3.12. The Balaban J connectivity index is 0.00000338. The molecule has 144 valence electrons. The number of halogens is 2. The molecule has 26 heavy (non-hydrogen) atoms. The molecule has 1 heterocycles. The average Bonchev–Trinajstić information content (AvgIpc) is 3.04.